The number of hydrogen-bond acceptors (Lipinski definition) is 6. The number of hydrogen-bond donors (Lipinski definition) is 4. The van der Waals surface area contributed by atoms with E-state index < -0.39 is 0 Å². The fourth-order valence-electron chi connectivity index (χ4n) is 5.32. The molecule has 1 aliphatic heterocycles. The van der Waals surface area contributed by atoms with E-state index in [0.29, 0.717) is 17.0 Å². The summed E-state index contributed by atoms with van der Waals surface area (Å²) in [5, 5.41) is 14.9. The van der Waals surface area contributed by atoms with Crippen LogP contribution in [-0.2, 0) is 0 Å². The molecule has 4 heterocycles. The molecule has 0 bridgehead atoms. The number of nitrogens with zero attached hydrogens (tertiary/aromatic N) is 3. The number of pyridine rings is 2. The Morgan fingerprint density at radius 2 is 1.92 bits per heavy atom. The zero-order valence-electron chi connectivity index (χ0n) is 21.2. The Hall–Kier alpha value is -4.56. The number of H-pyrrole nitrogens is 1. The molecule has 3 aromatic heterocycles. The van der Waals surface area contributed by atoms with Gasteiger partial charge in [-0.2, -0.15) is 0 Å². The van der Waals surface area contributed by atoms with E-state index in [9.17, 15) is 4.79 Å². The molecule has 1 unspecified atom stereocenters. The van der Waals surface area contributed by atoms with Crippen molar-refractivity contribution in [3.8, 4) is 16.8 Å². The lowest BCUT2D eigenvalue weighted by Crippen LogP contribution is -2.28. The average molecular weight is 504 g/mol. The van der Waals surface area contributed by atoms with Crippen molar-refractivity contribution in [2.45, 2.75) is 18.8 Å². The van der Waals surface area contributed by atoms with Crippen molar-refractivity contribution >= 4 is 33.7 Å². The van der Waals surface area contributed by atoms with Crippen molar-refractivity contribution in [2.24, 2.45) is 0 Å². The maximum atomic E-state index is 13.1. The number of benzene rings is 2. The van der Waals surface area contributed by atoms with Gasteiger partial charge in [0.15, 0.2) is 0 Å². The van der Waals surface area contributed by atoms with E-state index in [1.807, 2.05) is 36.4 Å². The summed E-state index contributed by atoms with van der Waals surface area (Å²) in [6, 6.07) is 18.3. The van der Waals surface area contributed by atoms with Crippen LogP contribution in [-0.4, -0.2) is 45.9 Å². The SMILES string of the molecule is CN/C=C(\C=N)c1ccc(-c2ccc3ncc4[nH]c(=O)n(-c5ccc(C6CCCNC6)cc5)c4c3c2)cn1. The molecular formula is C30H29N7O. The van der Waals surface area contributed by atoms with E-state index in [1.165, 1.54) is 24.6 Å². The molecule has 6 rings (SSSR count). The maximum Gasteiger partial charge on any atom is 0.331 e. The standard InChI is InChI=1S/C30H29N7O/c1-32-15-23(14-31)26-10-7-22(17-34-26)20-6-11-27-25(13-20)29-28(18-35-27)36-30(38)37(29)24-8-4-19(5-9-24)21-3-2-12-33-16-21/h4-11,13-15,17-18,21,31-33H,2-3,12,16H2,1H3,(H,36,38)/b23-15+,31-14?. The number of aromatic nitrogens is 4. The molecule has 1 aliphatic rings. The lowest BCUT2D eigenvalue weighted by atomic mass is 9.91. The van der Waals surface area contributed by atoms with Crippen LogP contribution in [0.3, 0.4) is 0 Å². The Morgan fingerprint density at radius 3 is 2.63 bits per heavy atom. The Labute approximate surface area is 220 Å². The van der Waals surface area contributed by atoms with Crippen LogP contribution in [0.2, 0.25) is 0 Å². The summed E-state index contributed by atoms with van der Waals surface area (Å²) in [6.45, 7) is 2.08. The van der Waals surface area contributed by atoms with Gasteiger partial charge >= 0.3 is 5.69 Å². The number of allylic oxidation sites excluding steroid dienone is 1. The predicted molar refractivity (Wildman–Crippen MR) is 153 cm³/mol. The highest BCUT2D eigenvalue weighted by atomic mass is 16.1. The molecule has 1 fully saturated rings. The highest BCUT2D eigenvalue weighted by Crippen LogP contribution is 2.30. The number of nitrogens with one attached hydrogen (secondary N) is 4. The quantitative estimate of drug-likeness (QED) is 0.253. The molecule has 0 aliphatic carbocycles. The molecule has 5 aromatic rings. The molecule has 4 N–H and O–H groups in total. The van der Waals surface area contributed by atoms with Crippen molar-refractivity contribution in [3.05, 3.63) is 94.9 Å². The summed E-state index contributed by atoms with van der Waals surface area (Å²) in [7, 11) is 1.80. The first-order chi connectivity index (χ1) is 18.7. The topological polar surface area (TPSA) is 111 Å². The fraction of sp³-hybridized carbons (Fsp3) is 0.200. The van der Waals surface area contributed by atoms with Gasteiger partial charge in [0.25, 0.3) is 0 Å². The van der Waals surface area contributed by atoms with E-state index in [-0.39, 0.29) is 5.69 Å². The lowest BCUT2D eigenvalue weighted by Gasteiger charge is -2.23. The highest BCUT2D eigenvalue weighted by molar-refractivity contribution is 6.07. The minimum atomic E-state index is -0.187. The Balaban J connectivity index is 1.43. The first-order valence-corrected chi connectivity index (χ1v) is 12.9. The third kappa shape index (κ3) is 4.29. The number of piperidine rings is 1. The number of fused-ring (bicyclic) bond motifs is 3. The van der Waals surface area contributed by atoms with Crippen molar-refractivity contribution in [2.75, 3.05) is 20.1 Å². The van der Waals surface area contributed by atoms with E-state index in [1.54, 1.807) is 30.2 Å². The maximum absolute atomic E-state index is 13.1. The molecular weight excluding hydrogens is 474 g/mol. The smallest absolute Gasteiger partial charge is 0.331 e. The van der Waals surface area contributed by atoms with Gasteiger partial charge in [-0.15, -0.1) is 0 Å². The molecule has 8 heteroatoms. The van der Waals surface area contributed by atoms with Crippen LogP contribution in [0.25, 0.3) is 44.3 Å². The monoisotopic (exact) mass is 503 g/mol. The van der Waals surface area contributed by atoms with Gasteiger partial charge in [0.2, 0.25) is 0 Å². The van der Waals surface area contributed by atoms with E-state index in [4.69, 9.17) is 5.41 Å². The van der Waals surface area contributed by atoms with Gasteiger partial charge in [0.1, 0.15) is 0 Å². The Morgan fingerprint density at radius 1 is 1.08 bits per heavy atom. The van der Waals surface area contributed by atoms with E-state index in [0.717, 1.165) is 52.0 Å². The zero-order chi connectivity index (χ0) is 26.1. The third-order valence-corrected chi connectivity index (χ3v) is 7.28. The minimum Gasteiger partial charge on any atom is -0.393 e. The van der Waals surface area contributed by atoms with Crippen molar-refractivity contribution in [1.29, 1.82) is 5.41 Å². The second-order valence-corrected chi connectivity index (χ2v) is 9.62. The molecule has 2 aromatic carbocycles. The van der Waals surface area contributed by atoms with Crippen molar-refractivity contribution < 1.29 is 0 Å². The van der Waals surface area contributed by atoms with Crippen LogP contribution < -0.4 is 16.3 Å². The molecule has 38 heavy (non-hydrogen) atoms. The van der Waals surface area contributed by atoms with Gasteiger partial charge in [-0.1, -0.05) is 24.3 Å². The number of aromatic amines is 1. The number of rotatable bonds is 6. The van der Waals surface area contributed by atoms with Crippen LogP contribution in [0.1, 0.15) is 30.0 Å². The summed E-state index contributed by atoms with van der Waals surface area (Å²) in [6.07, 6.45) is 8.92. The fourth-order valence-corrected chi connectivity index (χ4v) is 5.32. The third-order valence-electron chi connectivity index (χ3n) is 7.28. The van der Waals surface area contributed by atoms with Crippen LogP contribution in [0.15, 0.2) is 78.0 Å². The second kappa shape index (κ2) is 10.1. The van der Waals surface area contributed by atoms with Crippen LogP contribution >= 0.6 is 0 Å². The molecule has 8 nitrogen and oxygen atoms in total. The second-order valence-electron chi connectivity index (χ2n) is 9.62. The first-order valence-electron chi connectivity index (χ1n) is 12.9. The minimum absolute atomic E-state index is 0.187. The molecule has 1 atom stereocenters. The van der Waals surface area contributed by atoms with Gasteiger partial charge in [0, 0.05) is 48.7 Å². The first kappa shape index (κ1) is 23.8. The van der Waals surface area contributed by atoms with E-state index in [2.05, 4.69) is 43.8 Å². The van der Waals surface area contributed by atoms with Gasteiger partial charge in [0.05, 0.1) is 34.1 Å². The largest absolute Gasteiger partial charge is 0.393 e. The van der Waals surface area contributed by atoms with Crippen LogP contribution in [0.5, 0.6) is 0 Å². The van der Waals surface area contributed by atoms with Crippen LogP contribution in [0, 0.1) is 5.41 Å². The summed E-state index contributed by atoms with van der Waals surface area (Å²) in [5.74, 6) is 0.508. The zero-order valence-corrected chi connectivity index (χ0v) is 21.2. The van der Waals surface area contributed by atoms with Gasteiger partial charge in [-0.05, 0) is 66.8 Å². The molecule has 0 spiro atoms. The van der Waals surface area contributed by atoms with Gasteiger partial charge in [-0.25, -0.2) is 4.79 Å². The Bertz CT molecular complexity index is 1710. The normalized spacial score (nSPS) is 16.1. The summed E-state index contributed by atoms with van der Waals surface area (Å²) >= 11 is 0. The molecule has 0 saturated carbocycles. The van der Waals surface area contributed by atoms with Crippen molar-refractivity contribution in [1.82, 2.24) is 30.2 Å². The summed E-state index contributed by atoms with van der Waals surface area (Å²) in [5.41, 5.74) is 7.59. The Kier molecular flexibility index (Phi) is 6.31. The van der Waals surface area contributed by atoms with Gasteiger partial charge < -0.3 is 21.0 Å². The lowest BCUT2D eigenvalue weighted by molar-refractivity contribution is 0.461. The summed E-state index contributed by atoms with van der Waals surface area (Å²) < 4.78 is 1.74. The summed E-state index contributed by atoms with van der Waals surface area (Å²) in [4.78, 5) is 25.3. The van der Waals surface area contributed by atoms with Crippen molar-refractivity contribution in [3.63, 3.8) is 0 Å². The molecule has 190 valence electrons. The van der Waals surface area contributed by atoms with Gasteiger partial charge in [-0.3, -0.25) is 14.5 Å². The van der Waals surface area contributed by atoms with Crippen LogP contribution in [0.4, 0.5) is 0 Å². The average Bonchev–Trinajstić information content (AvgIpc) is 3.32. The predicted octanol–water partition coefficient (Wildman–Crippen LogP) is 4.61. The highest BCUT2D eigenvalue weighted by Gasteiger charge is 2.17. The number of imidazole rings is 1. The molecule has 1 saturated heterocycles. The van der Waals surface area contributed by atoms with E-state index >= 15 is 0 Å². The molecule has 0 radical (unpaired) electrons. The molecule has 0 amide bonds.